The maximum absolute atomic E-state index is 6.37. The zero-order valence-electron chi connectivity index (χ0n) is 20.6. The molecule has 2 aromatic carbocycles. The van der Waals surface area contributed by atoms with Crippen molar-refractivity contribution in [1.29, 1.82) is 0 Å². The quantitative estimate of drug-likeness (QED) is 0.299. The lowest BCUT2D eigenvalue weighted by Crippen LogP contribution is -2.30. The highest BCUT2D eigenvalue weighted by molar-refractivity contribution is 7.80. The first-order valence-electron chi connectivity index (χ1n) is 11.8. The summed E-state index contributed by atoms with van der Waals surface area (Å²) in [4.78, 5) is 6.99. The summed E-state index contributed by atoms with van der Waals surface area (Å²) >= 11 is 12.3. The number of thiocarbonyl (C=S) groups is 1. The average molecular weight is 501 g/mol. The van der Waals surface area contributed by atoms with Gasteiger partial charge in [-0.05, 0) is 106 Å². The van der Waals surface area contributed by atoms with Gasteiger partial charge in [-0.3, -0.25) is 4.98 Å². The van der Waals surface area contributed by atoms with E-state index in [1.807, 2.05) is 36.5 Å². The van der Waals surface area contributed by atoms with Crippen molar-refractivity contribution in [1.82, 2.24) is 14.9 Å². The highest BCUT2D eigenvalue weighted by atomic mass is 35.5. The highest BCUT2D eigenvalue weighted by Crippen LogP contribution is 2.45. The van der Waals surface area contributed by atoms with Crippen LogP contribution in [0.4, 0.5) is 5.69 Å². The first-order valence-corrected chi connectivity index (χ1v) is 12.6. The van der Waals surface area contributed by atoms with E-state index in [1.54, 1.807) is 0 Å². The molecule has 1 aliphatic rings. The summed E-state index contributed by atoms with van der Waals surface area (Å²) in [7, 11) is 0. The van der Waals surface area contributed by atoms with Crippen LogP contribution in [0.5, 0.6) is 0 Å². The molecule has 6 heteroatoms. The molecule has 0 radical (unpaired) electrons. The molecule has 2 atom stereocenters. The van der Waals surface area contributed by atoms with Crippen LogP contribution in [0.3, 0.4) is 0 Å². The largest absolute Gasteiger partial charge is 0.351 e. The maximum atomic E-state index is 6.37. The number of nitrogens with zero attached hydrogens (tertiary/aromatic N) is 3. The third-order valence-electron chi connectivity index (χ3n) is 6.95. The summed E-state index contributed by atoms with van der Waals surface area (Å²) in [5.41, 5.74) is 10.4. The molecule has 3 heterocycles. The molecule has 1 saturated heterocycles. The van der Waals surface area contributed by atoms with Crippen molar-refractivity contribution < 1.29 is 0 Å². The Morgan fingerprint density at radius 2 is 1.60 bits per heavy atom. The van der Waals surface area contributed by atoms with Crippen LogP contribution in [0.2, 0.25) is 5.02 Å². The highest BCUT2D eigenvalue weighted by Gasteiger charge is 2.43. The second kappa shape index (κ2) is 9.14. The molecule has 2 aromatic heterocycles. The van der Waals surface area contributed by atoms with E-state index in [0.29, 0.717) is 5.11 Å². The van der Waals surface area contributed by atoms with Crippen LogP contribution >= 0.6 is 23.8 Å². The third-order valence-corrected chi connectivity index (χ3v) is 7.50. The molecule has 5 rings (SSSR count). The Morgan fingerprint density at radius 3 is 2.26 bits per heavy atom. The Balaban J connectivity index is 1.75. The number of rotatable bonds is 4. The molecule has 2 unspecified atom stereocenters. The molecule has 1 N–H and O–H groups in total. The Bertz CT molecular complexity index is 1410. The zero-order chi connectivity index (χ0) is 24.9. The Kier molecular flexibility index (Phi) is 6.16. The van der Waals surface area contributed by atoms with Gasteiger partial charge in [-0.15, -0.1) is 0 Å². The summed E-state index contributed by atoms with van der Waals surface area (Å²) in [5.74, 6) is 0. The monoisotopic (exact) mass is 500 g/mol. The zero-order valence-corrected chi connectivity index (χ0v) is 22.2. The fraction of sp³-hybridized carbons (Fsp3) is 0.241. The van der Waals surface area contributed by atoms with Crippen molar-refractivity contribution in [2.45, 2.75) is 46.7 Å². The predicted octanol–water partition coefficient (Wildman–Crippen LogP) is 7.24. The van der Waals surface area contributed by atoms with Gasteiger partial charge in [-0.25, -0.2) is 0 Å². The molecule has 0 saturated carbocycles. The molecular formula is C29H29ClN4S. The molecule has 4 aromatic rings. The number of nitrogens with one attached hydrogen (secondary N) is 1. The Labute approximate surface area is 217 Å². The Hall–Kier alpha value is -3.15. The second-order valence-corrected chi connectivity index (χ2v) is 10.2. The summed E-state index contributed by atoms with van der Waals surface area (Å²) in [6.45, 7) is 10.8. The van der Waals surface area contributed by atoms with Crippen molar-refractivity contribution in [3.8, 4) is 5.69 Å². The van der Waals surface area contributed by atoms with Gasteiger partial charge in [-0.2, -0.15) is 0 Å². The lowest BCUT2D eigenvalue weighted by atomic mass is 9.93. The standard InChI is InChI=1S/C29H29ClN4S/c1-17-13-18(2)15-24(14-17)34-28(27(32-29(34)35)25-11-6-7-12-31-25)26-19(3)20(4)33(21(26)5)23-10-8-9-22(30)16-23/h6-16,27-28H,1-5H3,(H,32,35). The number of halogens is 1. The summed E-state index contributed by atoms with van der Waals surface area (Å²) in [5, 5.41) is 5.04. The molecule has 0 aliphatic carbocycles. The van der Waals surface area contributed by atoms with Crippen molar-refractivity contribution >= 4 is 34.6 Å². The van der Waals surface area contributed by atoms with Gasteiger partial charge in [0.25, 0.3) is 0 Å². The summed E-state index contributed by atoms with van der Waals surface area (Å²) < 4.78 is 2.30. The molecule has 35 heavy (non-hydrogen) atoms. The van der Waals surface area contributed by atoms with Crippen LogP contribution in [0.1, 0.15) is 51.4 Å². The van der Waals surface area contributed by atoms with Gasteiger partial charge in [0.15, 0.2) is 5.11 Å². The minimum Gasteiger partial charge on any atom is -0.351 e. The van der Waals surface area contributed by atoms with Crippen molar-refractivity contribution in [2.75, 3.05) is 4.90 Å². The summed E-state index contributed by atoms with van der Waals surface area (Å²) in [6.07, 6.45) is 1.85. The molecule has 0 amide bonds. The number of benzene rings is 2. The van der Waals surface area contributed by atoms with E-state index in [4.69, 9.17) is 28.8 Å². The van der Waals surface area contributed by atoms with Crippen LogP contribution in [-0.4, -0.2) is 14.7 Å². The number of aryl methyl sites for hydroxylation is 2. The van der Waals surface area contributed by atoms with Gasteiger partial charge in [0, 0.05) is 39.5 Å². The van der Waals surface area contributed by atoms with Gasteiger partial charge in [0.05, 0.1) is 17.8 Å². The van der Waals surface area contributed by atoms with Gasteiger partial charge in [-0.1, -0.05) is 29.8 Å². The smallest absolute Gasteiger partial charge is 0.174 e. The van der Waals surface area contributed by atoms with E-state index in [9.17, 15) is 0 Å². The normalized spacial score (nSPS) is 17.7. The SMILES string of the molecule is Cc1cc(C)cc(N2C(=S)NC(c3ccccn3)C2c2c(C)c(C)n(-c3cccc(Cl)c3)c2C)c1. The minimum atomic E-state index is -0.0865. The lowest BCUT2D eigenvalue weighted by Gasteiger charge is -2.29. The minimum absolute atomic E-state index is 0.0577. The first kappa shape index (κ1) is 23.6. The summed E-state index contributed by atoms with van der Waals surface area (Å²) in [6, 6.07) is 20.5. The van der Waals surface area contributed by atoms with Crippen LogP contribution in [-0.2, 0) is 0 Å². The number of anilines is 1. The Morgan fingerprint density at radius 1 is 0.857 bits per heavy atom. The van der Waals surface area contributed by atoms with Gasteiger partial charge in [0.2, 0.25) is 0 Å². The lowest BCUT2D eigenvalue weighted by molar-refractivity contribution is 0.563. The van der Waals surface area contributed by atoms with E-state index in [0.717, 1.165) is 22.1 Å². The first-order chi connectivity index (χ1) is 16.8. The molecule has 1 fully saturated rings. The van der Waals surface area contributed by atoms with Crippen molar-refractivity contribution in [3.63, 3.8) is 0 Å². The van der Waals surface area contributed by atoms with Crippen LogP contribution < -0.4 is 10.2 Å². The molecular weight excluding hydrogens is 472 g/mol. The molecule has 4 nitrogen and oxygen atoms in total. The van der Waals surface area contributed by atoms with Gasteiger partial charge >= 0.3 is 0 Å². The molecule has 0 bridgehead atoms. The fourth-order valence-corrected chi connectivity index (χ4v) is 5.99. The number of pyridine rings is 1. The van der Waals surface area contributed by atoms with E-state index in [1.165, 1.54) is 33.6 Å². The van der Waals surface area contributed by atoms with Crippen molar-refractivity contribution in [3.05, 3.63) is 111 Å². The van der Waals surface area contributed by atoms with Crippen LogP contribution in [0.25, 0.3) is 5.69 Å². The van der Waals surface area contributed by atoms with E-state index >= 15 is 0 Å². The molecule has 1 aliphatic heterocycles. The van der Waals surface area contributed by atoms with Crippen LogP contribution in [0.15, 0.2) is 66.9 Å². The number of aromatic nitrogens is 2. The number of hydrogen-bond acceptors (Lipinski definition) is 2. The molecule has 0 spiro atoms. The van der Waals surface area contributed by atoms with E-state index < -0.39 is 0 Å². The topological polar surface area (TPSA) is 33.1 Å². The number of hydrogen-bond donors (Lipinski definition) is 1. The van der Waals surface area contributed by atoms with Gasteiger partial charge in [0.1, 0.15) is 0 Å². The van der Waals surface area contributed by atoms with E-state index in [2.05, 4.69) is 79.7 Å². The predicted molar refractivity (Wildman–Crippen MR) is 149 cm³/mol. The fourth-order valence-electron chi connectivity index (χ4n) is 5.46. The van der Waals surface area contributed by atoms with Crippen LogP contribution in [0, 0.1) is 34.6 Å². The third kappa shape index (κ3) is 4.13. The molecule has 178 valence electrons. The van der Waals surface area contributed by atoms with E-state index in [-0.39, 0.29) is 12.1 Å². The second-order valence-electron chi connectivity index (χ2n) is 9.37. The maximum Gasteiger partial charge on any atom is 0.174 e. The average Bonchev–Trinajstić information content (AvgIpc) is 3.26. The van der Waals surface area contributed by atoms with Crippen molar-refractivity contribution in [2.24, 2.45) is 0 Å². The van der Waals surface area contributed by atoms with Gasteiger partial charge < -0.3 is 14.8 Å².